The Morgan fingerprint density at radius 1 is 1.06 bits per heavy atom. The maximum atomic E-state index is 13.7. The van der Waals surface area contributed by atoms with E-state index in [2.05, 4.69) is 20.3 Å². The number of carbonyl (C=O) groups excluding carboxylic acids is 1. The average molecular weight is 456 g/mol. The summed E-state index contributed by atoms with van der Waals surface area (Å²) in [4.78, 5) is 27.5. The lowest BCUT2D eigenvalue weighted by molar-refractivity contribution is 0.0817. The third-order valence-electron chi connectivity index (χ3n) is 5.09. The fourth-order valence-corrected chi connectivity index (χ4v) is 4.65. The van der Waals surface area contributed by atoms with Crippen molar-refractivity contribution in [2.75, 3.05) is 18.6 Å². The summed E-state index contributed by atoms with van der Waals surface area (Å²) in [6, 6.07) is 7.05. The molecule has 0 atom stereocenters. The molecule has 2 aromatic heterocycles. The molecule has 1 amide bonds. The zero-order valence-corrected chi connectivity index (χ0v) is 18.9. The number of fused-ring (bicyclic) bond motifs is 1. The number of benzene rings is 1. The van der Waals surface area contributed by atoms with Gasteiger partial charge in [-0.1, -0.05) is 0 Å². The standard InChI is InChI=1S/C22H22FN5O3S/c1-12-7-15(25-13(2)24-12)9-16-10-18(21-19(26-16)11-28(3)22(21)29)27-17-6-5-14(23)8-20(17)32(4,30)31/h5-8,10H,9,11H2,1-4H3,(H,26,27). The van der Waals surface area contributed by atoms with Crippen LogP contribution in [0.3, 0.4) is 0 Å². The Morgan fingerprint density at radius 2 is 1.78 bits per heavy atom. The first-order valence-electron chi connectivity index (χ1n) is 9.87. The number of sulfone groups is 1. The van der Waals surface area contributed by atoms with Crippen LogP contribution in [0.2, 0.25) is 0 Å². The number of nitrogens with zero attached hydrogens (tertiary/aromatic N) is 4. The summed E-state index contributed by atoms with van der Waals surface area (Å²) in [7, 11) is -2.04. The van der Waals surface area contributed by atoms with Gasteiger partial charge in [-0.15, -0.1) is 0 Å². The van der Waals surface area contributed by atoms with Crippen molar-refractivity contribution in [1.29, 1.82) is 0 Å². The Labute approximate surface area is 185 Å². The zero-order valence-electron chi connectivity index (χ0n) is 18.1. The molecule has 8 nitrogen and oxygen atoms in total. The molecule has 10 heteroatoms. The molecule has 0 aliphatic carbocycles. The molecule has 3 aromatic rings. The van der Waals surface area contributed by atoms with Crippen molar-refractivity contribution >= 4 is 27.1 Å². The normalized spacial score (nSPS) is 13.4. The van der Waals surface area contributed by atoms with Crippen molar-refractivity contribution in [3.8, 4) is 0 Å². The highest BCUT2D eigenvalue weighted by atomic mass is 32.2. The molecule has 0 bridgehead atoms. The molecule has 1 N–H and O–H groups in total. The molecule has 0 fully saturated rings. The van der Waals surface area contributed by atoms with Gasteiger partial charge in [0.05, 0.1) is 39.8 Å². The molecule has 0 saturated heterocycles. The van der Waals surface area contributed by atoms with Crippen molar-refractivity contribution in [2.45, 2.75) is 31.7 Å². The Morgan fingerprint density at radius 3 is 2.47 bits per heavy atom. The fourth-order valence-electron chi connectivity index (χ4n) is 3.81. The van der Waals surface area contributed by atoms with Crippen LogP contribution >= 0.6 is 0 Å². The number of halogens is 1. The quantitative estimate of drug-likeness (QED) is 0.631. The minimum Gasteiger partial charge on any atom is -0.354 e. The number of aromatic nitrogens is 3. The van der Waals surface area contributed by atoms with E-state index in [1.54, 1.807) is 13.1 Å². The molecule has 166 valence electrons. The lowest BCUT2D eigenvalue weighted by atomic mass is 10.1. The number of rotatable bonds is 5. The summed E-state index contributed by atoms with van der Waals surface area (Å²) in [5, 5.41) is 3.04. The van der Waals surface area contributed by atoms with Crippen molar-refractivity contribution in [3.63, 3.8) is 0 Å². The van der Waals surface area contributed by atoms with Gasteiger partial charge in [0.15, 0.2) is 9.84 Å². The average Bonchev–Trinajstić information content (AvgIpc) is 2.95. The number of hydrogen-bond donors (Lipinski definition) is 1. The molecule has 1 aliphatic heterocycles. The number of anilines is 2. The smallest absolute Gasteiger partial charge is 0.257 e. The highest BCUT2D eigenvalue weighted by molar-refractivity contribution is 7.90. The minimum atomic E-state index is -3.71. The van der Waals surface area contributed by atoms with E-state index in [1.165, 1.54) is 17.0 Å². The molecule has 0 unspecified atom stereocenters. The Bertz CT molecular complexity index is 1340. The van der Waals surface area contributed by atoms with E-state index in [4.69, 9.17) is 0 Å². The van der Waals surface area contributed by atoms with Crippen molar-refractivity contribution in [3.05, 3.63) is 70.3 Å². The third kappa shape index (κ3) is 4.31. The molecular weight excluding hydrogens is 433 g/mol. The van der Waals surface area contributed by atoms with Gasteiger partial charge in [0.1, 0.15) is 11.6 Å². The topological polar surface area (TPSA) is 105 Å². The SMILES string of the molecule is Cc1cc(Cc2cc(Nc3ccc(F)cc3S(C)(=O)=O)c3c(n2)CN(C)C3=O)nc(C)n1. The number of hydrogen-bond acceptors (Lipinski definition) is 7. The molecule has 1 aromatic carbocycles. The highest BCUT2D eigenvalue weighted by Crippen LogP contribution is 2.33. The van der Waals surface area contributed by atoms with E-state index in [-0.39, 0.29) is 16.5 Å². The number of amides is 1. The molecule has 4 rings (SSSR count). The molecule has 32 heavy (non-hydrogen) atoms. The van der Waals surface area contributed by atoms with Crippen LogP contribution in [-0.4, -0.2) is 47.5 Å². The van der Waals surface area contributed by atoms with Gasteiger partial charge in [0.2, 0.25) is 0 Å². The number of aryl methyl sites for hydroxylation is 2. The van der Waals surface area contributed by atoms with Crippen LogP contribution in [0.4, 0.5) is 15.8 Å². The summed E-state index contributed by atoms with van der Waals surface area (Å²) in [5.41, 5.74) is 3.84. The van der Waals surface area contributed by atoms with Crippen LogP contribution in [-0.2, 0) is 22.8 Å². The molecule has 3 heterocycles. The number of nitrogens with one attached hydrogen (secondary N) is 1. The number of pyridine rings is 1. The van der Waals surface area contributed by atoms with Gasteiger partial charge in [-0.05, 0) is 44.2 Å². The predicted octanol–water partition coefficient (Wildman–Crippen LogP) is 2.95. The van der Waals surface area contributed by atoms with E-state index in [1.807, 2.05) is 19.9 Å². The van der Waals surface area contributed by atoms with Crippen molar-refractivity contribution in [2.24, 2.45) is 0 Å². The van der Waals surface area contributed by atoms with Gasteiger partial charge >= 0.3 is 0 Å². The minimum absolute atomic E-state index is 0.185. The first kappa shape index (κ1) is 21.8. The van der Waals surface area contributed by atoms with E-state index in [0.29, 0.717) is 41.4 Å². The van der Waals surface area contributed by atoms with Crippen LogP contribution in [0.5, 0.6) is 0 Å². The molecule has 0 radical (unpaired) electrons. The summed E-state index contributed by atoms with van der Waals surface area (Å²) >= 11 is 0. The monoisotopic (exact) mass is 455 g/mol. The van der Waals surface area contributed by atoms with E-state index >= 15 is 0 Å². The van der Waals surface area contributed by atoms with E-state index in [0.717, 1.165) is 23.7 Å². The zero-order chi connectivity index (χ0) is 23.2. The van der Waals surface area contributed by atoms with Gasteiger partial charge in [0, 0.05) is 31.1 Å². The van der Waals surface area contributed by atoms with Gasteiger partial charge < -0.3 is 10.2 Å². The Hall–Kier alpha value is -3.40. The Kier molecular flexibility index (Phi) is 5.41. The maximum Gasteiger partial charge on any atom is 0.257 e. The second kappa shape index (κ2) is 7.94. The first-order valence-corrected chi connectivity index (χ1v) is 11.8. The second-order valence-corrected chi connectivity index (χ2v) is 9.89. The van der Waals surface area contributed by atoms with Crippen molar-refractivity contribution < 1.29 is 17.6 Å². The molecule has 1 aliphatic rings. The summed E-state index contributed by atoms with van der Waals surface area (Å²) in [6.45, 7) is 4.03. The van der Waals surface area contributed by atoms with Gasteiger partial charge in [-0.2, -0.15) is 0 Å². The Balaban J connectivity index is 1.81. The molecular formula is C22H22FN5O3S. The molecule has 0 saturated carbocycles. The molecule has 0 spiro atoms. The van der Waals surface area contributed by atoms with Gasteiger partial charge in [-0.25, -0.2) is 22.8 Å². The van der Waals surface area contributed by atoms with E-state index in [9.17, 15) is 17.6 Å². The van der Waals surface area contributed by atoms with Gasteiger partial charge in [0.25, 0.3) is 5.91 Å². The van der Waals surface area contributed by atoms with Crippen LogP contribution in [0.1, 0.15) is 39.0 Å². The lowest BCUT2D eigenvalue weighted by Crippen LogP contribution is -2.18. The first-order chi connectivity index (χ1) is 15.0. The third-order valence-corrected chi connectivity index (χ3v) is 6.23. The summed E-state index contributed by atoms with van der Waals surface area (Å²) in [6.07, 6.45) is 1.42. The van der Waals surface area contributed by atoms with Crippen LogP contribution < -0.4 is 5.32 Å². The second-order valence-electron chi connectivity index (χ2n) is 7.91. The highest BCUT2D eigenvalue weighted by Gasteiger charge is 2.30. The lowest BCUT2D eigenvalue weighted by Gasteiger charge is -2.15. The van der Waals surface area contributed by atoms with Gasteiger partial charge in [-0.3, -0.25) is 9.78 Å². The summed E-state index contributed by atoms with van der Waals surface area (Å²) in [5.74, 6) is -0.237. The maximum absolute atomic E-state index is 13.7. The van der Waals surface area contributed by atoms with Crippen LogP contribution in [0, 0.1) is 19.7 Å². The van der Waals surface area contributed by atoms with Crippen LogP contribution in [0.15, 0.2) is 35.2 Å². The largest absolute Gasteiger partial charge is 0.354 e. The van der Waals surface area contributed by atoms with E-state index < -0.39 is 15.7 Å². The fraction of sp³-hybridized carbons (Fsp3) is 0.273. The van der Waals surface area contributed by atoms with Crippen molar-refractivity contribution in [1.82, 2.24) is 19.9 Å². The summed E-state index contributed by atoms with van der Waals surface area (Å²) < 4.78 is 38.2. The van der Waals surface area contributed by atoms with Crippen LogP contribution in [0.25, 0.3) is 0 Å². The number of carbonyl (C=O) groups is 1. The predicted molar refractivity (Wildman–Crippen MR) is 117 cm³/mol.